The Balaban J connectivity index is 2.02. The third-order valence-electron chi connectivity index (χ3n) is 2.68. The zero-order valence-corrected chi connectivity index (χ0v) is 10.7. The van der Waals surface area contributed by atoms with E-state index in [4.69, 9.17) is 11.6 Å². The largest absolute Gasteiger partial charge is 0.264 e. The molecule has 0 amide bonds. The topological polar surface area (TPSA) is 56.5 Å². The van der Waals surface area contributed by atoms with Crippen molar-refractivity contribution in [2.24, 2.45) is 0 Å². The molecule has 5 nitrogen and oxygen atoms in total. The second-order valence-electron chi connectivity index (χ2n) is 3.91. The molecule has 0 saturated heterocycles. The highest BCUT2D eigenvalue weighted by Crippen LogP contribution is 2.16. The van der Waals surface area contributed by atoms with Gasteiger partial charge in [0.15, 0.2) is 0 Å². The van der Waals surface area contributed by atoms with Crippen molar-refractivity contribution in [3.05, 3.63) is 54.4 Å². The SMILES string of the molecule is ClCc1cnccc1-n1nnc(-c2ccccc2)n1. The highest BCUT2D eigenvalue weighted by atomic mass is 35.5. The van der Waals surface area contributed by atoms with Crippen molar-refractivity contribution in [2.45, 2.75) is 5.88 Å². The van der Waals surface area contributed by atoms with Crippen LogP contribution < -0.4 is 0 Å². The molecule has 0 radical (unpaired) electrons. The lowest BCUT2D eigenvalue weighted by atomic mass is 10.2. The van der Waals surface area contributed by atoms with Gasteiger partial charge in [0, 0.05) is 23.5 Å². The summed E-state index contributed by atoms with van der Waals surface area (Å²) >= 11 is 5.88. The van der Waals surface area contributed by atoms with Crippen LogP contribution in [0.15, 0.2) is 48.8 Å². The minimum atomic E-state index is 0.353. The lowest BCUT2D eigenvalue weighted by Gasteiger charge is -2.02. The van der Waals surface area contributed by atoms with Crippen LogP contribution in [0.1, 0.15) is 5.56 Å². The second kappa shape index (κ2) is 5.16. The van der Waals surface area contributed by atoms with E-state index in [0.717, 1.165) is 16.8 Å². The molecule has 0 bridgehead atoms. The average molecular weight is 272 g/mol. The predicted octanol–water partition coefficient (Wildman–Crippen LogP) is 2.46. The van der Waals surface area contributed by atoms with Gasteiger partial charge in [-0.3, -0.25) is 4.98 Å². The molecule has 0 atom stereocenters. The highest BCUT2D eigenvalue weighted by Gasteiger charge is 2.09. The molecule has 19 heavy (non-hydrogen) atoms. The summed E-state index contributed by atoms with van der Waals surface area (Å²) in [5.41, 5.74) is 2.58. The van der Waals surface area contributed by atoms with Gasteiger partial charge in [0.1, 0.15) is 0 Å². The van der Waals surface area contributed by atoms with E-state index >= 15 is 0 Å². The van der Waals surface area contributed by atoms with Crippen molar-refractivity contribution >= 4 is 11.6 Å². The van der Waals surface area contributed by atoms with Crippen LogP contribution in [0.25, 0.3) is 17.1 Å². The van der Waals surface area contributed by atoms with Crippen LogP contribution in [-0.2, 0) is 5.88 Å². The summed E-state index contributed by atoms with van der Waals surface area (Å²) in [4.78, 5) is 5.51. The molecular weight excluding hydrogens is 262 g/mol. The Bertz CT molecular complexity index is 680. The maximum atomic E-state index is 5.88. The average Bonchev–Trinajstić information content (AvgIpc) is 2.98. The number of pyridine rings is 1. The first-order chi connectivity index (χ1) is 9.38. The first-order valence-corrected chi connectivity index (χ1v) is 6.26. The number of benzene rings is 1. The summed E-state index contributed by atoms with van der Waals surface area (Å²) in [5.74, 6) is 0.934. The summed E-state index contributed by atoms with van der Waals surface area (Å²) in [6, 6.07) is 11.5. The van der Waals surface area contributed by atoms with E-state index in [1.54, 1.807) is 12.4 Å². The maximum Gasteiger partial charge on any atom is 0.205 e. The summed E-state index contributed by atoms with van der Waals surface area (Å²) in [7, 11) is 0. The molecule has 3 aromatic rings. The second-order valence-corrected chi connectivity index (χ2v) is 4.17. The standard InChI is InChI=1S/C13H10ClN5/c14-8-11-9-15-7-6-12(11)19-17-13(16-18-19)10-4-2-1-3-5-10/h1-7,9H,8H2. The number of nitrogens with zero attached hydrogens (tertiary/aromatic N) is 5. The van der Waals surface area contributed by atoms with E-state index in [9.17, 15) is 0 Å². The molecule has 0 N–H and O–H groups in total. The molecule has 0 saturated carbocycles. The van der Waals surface area contributed by atoms with Crippen molar-refractivity contribution in [1.82, 2.24) is 25.2 Å². The number of alkyl halides is 1. The minimum Gasteiger partial charge on any atom is -0.264 e. The number of aromatic nitrogens is 5. The molecule has 0 aliphatic carbocycles. The van der Waals surface area contributed by atoms with E-state index in [-0.39, 0.29) is 0 Å². The van der Waals surface area contributed by atoms with Crippen LogP contribution in [0.5, 0.6) is 0 Å². The van der Waals surface area contributed by atoms with Crippen LogP contribution in [0, 0.1) is 0 Å². The summed E-state index contributed by atoms with van der Waals surface area (Å²) < 4.78 is 0. The van der Waals surface area contributed by atoms with E-state index < -0.39 is 0 Å². The van der Waals surface area contributed by atoms with Crippen molar-refractivity contribution in [1.29, 1.82) is 0 Å². The van der Waals surface area contributed by atoms with Crippen LogP contribution in [0.4, 0.5) is 0 Å². The number of hydrogen-bond donors (Lipinski definition) is 0. The van der Waals surface area contributed by atoms with Gasteiger partial charge in [-0.05, 0) is 11.3 Å². The van der Waals surface area contributed by atoms with Crippen LogP contribution in [0.3, 0.4) is 0 Å². The molecule has 2 aromatic heterocycles. The van der Waals surface area contributed by atoms with Crippen molar-refractivity contribution in [2.75, 3.05) is 0 Å². The first kappa shape index (κ1) is 11.8. The minimum absolute atomic E-state index is 0.353. The van der Waals surface area contributed by atoms with Gasteiger partial charge in [-0.25, -0.2) is 0 Å². The monoisotopic (exact) mass is 271 g/mol. The van der Waals surface area contributed by atoms with Gasteiger partial charge < -0.3 is 0 Å². The van der Waals surface area contributed by atoms with Crippen molar-refractivity contribution in [3.8, 4) is 17.1 Å². The van der Waals surface area contributed by atoms with Gasteiger partial charge in [0.05, 0.1) is 11.6 Å². The van der Waals surface area contributed by atoms with Gasteiger partial charge in [-0.15, -0.1) is 26.6 Å². The molecular formula is C13H10ClN5. The molecule has 94 valence electrons. The number of hydrogen-bond acceptors (Lipinski definition) is 4. The number of tetrazole rings is 1. The molecule has 3 rings (SSSR count). The summed E-state index contributed by atoms with van der Waals surface area (Å²) in [6.45, 7) is 0. The zero-order valence-electron chi connectivity index (χ0n) is 9.94. The Hall–Kier alpha value is -2.27. The Morgan fingerprint density at radius 2 is 1.95 bits per heavy atom. The Morgan fingerprint density at radius 1 is 1.11 bits per heavy atom. The number of rotatable bonds is 3. The summed E-state index contributed by atoms with van der Waals surface area (Å²) in [5, 5.41) is 12.5. The quantitative estimate of drug-likeness (QED) is 0.687. The third kappa shape index (κ3) is 2.32. The van der Waals surface area contributed by atoms with Crippen LogP contribution in [-0.4, -0.2) is 25.2 Å². The Kier molecular flexibility index (Phi) is 3.20. The van der Waals surface area contributed by atoms with E-state index in [1.165, 1.54) is 4.80 Å². The fraction of sp³-hybridized carbons (Fsp3) is 0.0769. The van der Waals surface area contributed by atoms with Crippen molar-refractivity contribution < 1.29 is 0 Å². The molecule has 0 aliphatic rings. The van der Waals surface area contributed by atoms with Crippen LogP contribution in [0.2, 0.25) is 0 Å². The van der Waals surface area contributed by atoms with Gasteiger partial charge >= 0.3 is 0 Å². The fourth-order valence-corrected chi connectivity index (χ4v) is 1.94. The van der Waals surface area contributed by atoms with Gasteiger partial charge in [0.2, 0.25) is 5.82 Å². The Morgan fingerprint density at radius 3 is 2.74 bits per heavy atom. The highest BCUT2D eigenvalue weighted by molar-refractivity contribution is 6.17. The summed E-state index contributed by atoms with van der Waals surface area (Å²) in [6.07, 6.45) is 3.38. The molecule has 0 fully saturated rings. The number of halogens is 1. The normalized spacial score (nSPS) is 10.6. The molecule has 2 heterocycles. The molecule has 0 unspecified atom stereocenters. The molecule has 0 aliphatic heterocycles. The molecule has 0 spiro atoms. The third-order valence-corrected chi connectivity index (χ3v) is 2.97. The van der Waals surface area contributed by atoms with Gasteiger partial charge in [-0.1, -0.05) is 30.3 Å². The smallest absolute Gasteiger partial charge is 0.205 e. The lowest BCUT2D eigenvalue weighted by molar-refractivity contribution is 0.714. The van der Waals surface area contributed by atoms with E-state index in [1.807, 2.05) is 36.4 Å². The van der Waals surface area contributed by atoms with Gasteiger partial charge in [-0.2, -0.15) is 0 Å². The lowest BCUT2D eigenvalue weighted by Crippen LogP contribution is -2.03. The van der Waals surface area contributed by atoms with Crippen molar-refractivity contribution in [3.63, 3.8) is 0 Å². The molecule has 6 heteroatoms. The predicted molar refractivity (Wildman–Crippen MR) is 71.9 cm³/mol. The maximum absolute atomic E-state index is 5.88. The zero-order chi connectivity index (χ0) is 13.1. The Labute approximate surface area is 114 Å². The van der Waals surface area contributed by atoms with E-state index in [2.05, 4.69) is 20.4 Å². The molecule has 1 aromatic carbocycles. The fourth-order valence-electron chi connectivity index (χ4n) is 1.74. The van der Waals surface area contributed by atoms with Gasteiger partial charge in [0.25, 0.3) is 0 Å². The van der Waals surface area contributed by atoms with E-state index in [0.29, 0.717) is 11.7 Å². The van der Waals surface area contributed by atoms with Crippen LogP contribution >= 0.6 is 11.6 Å². The first-order valence-electron chi connectivity index (χ1n) is 5.73.